The maximum absolute atomic E-state index is 15.1. The number of H-pyrrole nitrogens is 1. The van der Waals surface area contributed by atoms with E-state index in [9.17, 15) is 9.90 Å². The number of aromatic amines is 1. The summed E-state index contributed by atoms with van der Waals surface area (Å²) in [7, 11) is 0. The Morgan fingerprint density at radius 2 is 1.97 bits per heavy atom. The summed E-state index contributed by atoms with van der Waals surface area (Å²) in [5.74, 6) is -1.23. The molecular formula is C23H14Cl2FN3O3. The van der Waals surface area contributed by atoms with E-state index >= 15 is 4.39 Å². The lowest BCUT2D eigenvalue weighted by Crippen LogP contribution is -2.23. The van der Waals surface area contributed by atoms with E-state index in [2.05, 4.69) is 10.3 Å². The topological polar surface area (TPSA) is 98.1 Å². The molecule has 0 unspecified atom stereocenters. The first-order valence-corrected chi connectivity index (χ1v) is 10.0. The number of hydrogen-bond donors (Lipinski definition) is 3. The number of benzene rings is 3. The van der Waals surface area contributed by atoms with Gasteiger partial charge in [-0.3, -0.25) is 4.79 Å². The highest BCUT2D eigenvalue weighted by Crippen LogP contribution is 2.35. The molecule has 0 spiro atoms. The van der Waals surface area contributed by atoms with Crippen LogP contribution in [-0.2, 0) is 6.54 Å². The molecule has 160 valence electrons. The fourth-order valence-electron chi connectivity index (χ4n) is 3.12. The molecule has 0 radical (unpaired) electrons. The zero-order valence-electron chi connectivity index (χ0n) is 16.2. The summed E-state index contributed by atoms with van der Waals surface area (Å²) in [6.07, 6.45) is 0. The van der Waals surface area contributed by atoms with Crippen molar-refractivity contribution >= 4 is 40.0 Å². The van der Waals surface area contributed by atoms with Gasteiger partial charge in [0, 0.05) is 34.1 Å². The standard InChI is InChI=1S/C23H14Cl2FN3O3/c24-15-5-12(10-27)6-17(8-15)32-22-18(25)4-2-14(21(22)26)11-28-23(31)20-7-13-1-3-16(30)9-19(13)29-20/h1-9,29-30H,11H2,(H,28,31). The van der Waals surface area contributed by atoms with Crippen LogP contribution in [0.15, 0.2) is 54.6 Å². The third kappa shape index (κ3) is 4.47. The second kappa shape index (κ2) is 8.79. The summed E-state index contributed by atoms with van der Waals surface area (Å²) in [4.78, 5) is 15.4. The van der Waals surface area contributed by atoms with Gasteiger partial charge < -0.3 is 20.1 Å². The number of amides is 1. The predicted octanol–water partition coefficient (Wildman–Crippen LogP) is 5.91. The monoisotopic (exact) mass is 469 g/mol. The molecule has 32 heavy (non-hydrogen) atoms. The highest BCUT2D eigenvalue weighted by molar-refractivity contribution is 6.32. The largest absolute Gasteiger partial charge is 0.508 e. The first-order valence-electron chi connectivity index (χ1n) is 9.29. The van der Waals surface area contributed by atoms with Crippen LogP contribution in [0.5, 0.6) is 17.2 Å². The van der Waals surface area contributed by atoms with Crippen molar-refractivity contribution in [3.63, 3.8) is 0 Å². The number of rotatable bonds is 5. The van der Waals surface area contributed by atoms with Crippen molar-refractivity contribution in [3.8, 4) is 23.3 Å². The number of aromatic nitrogens is 1. The maximum Gasteiger partial charge on any atom is 0.267 e. The summed E-state index contributed by atoms with van der Waals surface area (Å²) in [5, 5.41) is 22.3. The molecule has 1 aromatic heterocycles. The number of nitriles is 1. The Labute approximate surface area is 191 Å². The van der Waals surface area contributed by atoms with E-state index in [1.807, 2.05) is 6.07 Å². The van der Waals surface area contributed by atoms with Crippen LogP contribution >= 0.6 is 23.2 Å². The van der Waals surface area contributed by atoms with E-state index in [1.54, 1.807) is 12.1 Å². The number of halogens is 3. The van der Waals surface area contributed by atoms with Gasteiger partial charge in [-0.2, -0.15) is 5.26 Å². The second-order valence-electron chi connectivity index (χ2n) is 6.88. The van der Waals surface area contributed by atoms with E-state index in [-0.39, 0.29) is 50.7 Å². The lowest BCUT2D eigenvalue weighted by Gasteiger charge is -2.13. The predicted molar refractivity (Wildman–Crippen MR) is 119 cm³/mol. The second-order valence-corrected chi connectivity index (χ2v) is 7.72. The maximum atomic E-state index is 15.1. The van der Waals surface area contributed by atoms with Gasteiger partial charge in [0.25, 0.3) is 5.91 Å². The van der Waals surface area contributed by atoms with Crippen LogP contribution in [0.1, 0.15) is 21.6 Å². The summed E-state index contributed by atoms with van der Waals surface area (Å²) < 4.78 is 20.6. The van der Waals surface area contributed by atoms with Crippen molar-refractivity contribution in [3.05, 3.63) is 87.3 Å². The number of phenolic OH excluding ortho intramolecular Hbond substituents is 1. The summed E-state index contributed by atoms with van der Waals surface area (Å²) in [6, 6.07) is 15.4. The Kier molecular flexibility index (Phi) is 5.91. The highest BCUT2D eigenvalue weighted by atomic mass is 35.5. The summed E-state index contributed by atoms with van der Waals surface area (Å²) in [5.41, 5.74) is 1.26. The van der Waals surface area contributed by atoms with Crippen molar-refractivity contribution in [1.29, 1.82) is 5.26 Å². The Balaban J connectivity index is 1.53. The van der Waals surface area contributed by atoms with Gasteiger partial charge in [0.1, 0.15) is 17.2 Å². The van der Waals surface area contributed by atoms with Crippen LogP contribution < -0.4 is 10.1 Å². The third-order valence-electron chi connectivity index (χ3n) is 4.64. The van der Waals surface area contributed by atoms with Gasteiger partial charge in [-0.1, -0.05) is 29.3 Å². The Hall–Kier alpha value is -3.73. The molecule has 0 atom stereocenters. The number of phenols is 1. The van der Waals surface area contributed by atoms with Crippen molar-refractivity contribution in [2.45, 2.75) is 6.54 Å². The van der Waals surface area contributed by atoms with Crippen LogP contribution in [0.4, 0.5) is 4.39 Å². The lowest BCUT2D eigenvalue weighted by atomic mass is 10.2. The molecule has 3 N–H and O–H groups in total. The van der Waals surface area contributed by atoms with Gasteiger partial charge >= 0.3 is 0 Å². The lowest BCUT2D eigenvalue weighted by molar-refractivity contribution is 0.0946. The van der Waals surface area contributed by atoms with Crippen molar-refractivity contribution in [2.75, 3.05) is 0 Å². The van der Waals surface area contributed by atoms with Gasteiger partial charge in [-0.25, -0.2) is 4.39 Å². The average molecular weight is 470 g/mol. The minimum absolute atomic E-state index is 0.0199. The number of ether oxygens (including phenoxy) is 1. The fourth-order valence-corrected chi connectivity index (χ4v) is 3.53. The normalized spacial score (nSPS) is 10.7. The Morgan fingerprint density at radius 3 is 2.75 bits per heavy atom. The van der Waals surface area contributed by atoms with Crippen molar-refractivity contribution in [1.82, 2.24) is 10.3 Å². The van der Waals surface area contributed by atoms with E-state index in [0.717, 1.165) is 5.39 Å². The minimum Gasteiger partial charge on any atom is -0.508 e. The molecule has 4 rings (SSSR count). The number of nitrogens with one attached hydrogen (secondary N) is 2. The molecule has 0 bridgehead atoms. The van der Waals surface area contributed by atoms with Crippen molar-refractivity contribution < 1.29 is 19.0 Å². The highest BCUT2D eigenvalue weighted by Gasteiger charge is 2.17. The number of carbonyl (C=O) groups is 1. The zero-order chi connectivity index (χ0) is 22.8. The number of nitrogens with zero attached hydrogens (tertiary/aromatic N) is 1. The smallest absolute Gasteiger partial charge is 0.267 e. The van der Waals surface area contributed by atoms with Crippen LogP contribution in [0.25, 0.3) is 10.9 Å². The molecule has 4 aromatic rings. The average Bonchev–Trinajstić information content (AvgIpc) is 3.18. The number of hydrogen-bond acceptors (Lipinski definition) is 4. The summed E-state index contributed by atoms with van der Waals surface area (Å²) in [6.45, 7) is -0.127. The number of aromatic hydroxyl groups is 1. The van der Waals surface area contributed by atoms with E-state index in [4.69, 9.17) is 33.2 Å². The van der Waals surface area contributed by atoms with E-state index in [1.165, 1.54) is 42.5 Å². The minimum atomic E-state index is -0.752. The quantitative estimate of drug-likeness (QED) is 0.338. The number of carbonyl (C=O) groups excluding carboxylic acids is 1. The molecule has 0 fully saturated rings. The molecule has 6 nitrogen and oxygen atoms in total. The molecule has 0 saturated carbocycles. The molecule has 0 saturated heterocycles. The van der Waals surface area contributed by atoms with E-state index in [0.29, 0.717) is 5.52 Å². The molecule has 0 aliphatic rings. The fraction of sp³-hybridized carbons (Fsp3) is 0.0435. The van der Waals surface area contributed by atoms with Gasteiger partial charge in [0.2, 0.25) is 0 Å². The van der Waals surface area contributed by atoms with Gasteiger partial charge in [-0.05, 0) is 42.5 Å². The number of fused-ring (bicyclic) bond motifs is 1. The van der Waals surface area contributed by atoms with Crippen LogP contribution in [-0.4, -0.2) is 16.0 Å². The SMILES string of the molecule is N#Cc1cc(Cl)cc(Oc2c(Cl)ccc(CNC(=O)c3cc4ccc(O)cc4[nH]3)c2F)c1. The zero-order valence-corrected chi connectivity index (χ0v) is 17.8. The van der Waals surface area contributed by atoms with E-state index < -0.39 is 11.7 Å². The molecule has 0 aliphatic heterocycles. The first kappa shape index (κ1) is 21.5. The molecule has 0 aliphatic carbocycles. The van der Waals surface area contributed by atoms with Gasteiger partial charge in [0.05, 0.1) is 16.7 Å². The first-order chi connectivity index (χ1) is 15.3. The molecule has 1 heterocycles. The van der Waals surface area contributed by atoms with Crippen LogP contribution in [0, 0.1) is 17.1 Å². The Morgan fingerprint density at radius 1 is 1.16 bits per heavy atom. The molecule has 1 amide bonds. The van der Waals surface area contributed by atoms with Crippen molar-refractivity contribution in [2.24, 2.45) is 0 Å². The van der Waals surface area contributed by atoms with Crippen LogP contribution in [0.2, 0.25) is 10.0 Å². The van der Waals surface area contributed by atoms with Crippen LogP contribution in [0.3, 0.4) is 0 Å². The van der Waals surface area contributed by atoms with Gasteiger partial charge in [0.15, 0.2) is 11.6 Å². The molecular weight excluding hydrogens is 456 g/mol. The molecule has 3 aromatic carbocycles. The third-order valence-corrected chi connectivity index (χ3v) is 5.16. The summed E-state index contributed by atoms with van der Waals surface area (Å²) >= 11 is 12.1. The Bertz CT molecular complexity index is 1400. The molecule has 9 heteroatoms. The van der Waals surface area contributed by atoms with Gasteiger partial charge in [-0.15, -0.1) is 0 Å².